The molecule has 3 rings (SSSR count). The Kier molecular flexibility index (Phi) is 6.77. The van der Waals surface area contributed by atoms with Gasteiger partial charge < -0.3 is 30.8 Å². The minimum Gasteiger partial charge on any atom is -0.479 e. The molecule has 2 amide bonds. The van der Waals surface area contributed by atoms with Gasteiger partial charge in [0.1, 0.15) is 22.8 Å². The normalized spacial score (nSPS) is 20.7. The molecule has 15 heteroatoms. The van der Waals surface area contributed by atoms with E-state index in [1.165, 1.54) is 24.3 Å². The Morgan fingerprint density at radius 1 is 1.42 bits per heavy atom. The van der Waals surface area contributed by atoms with Gasteiger partial charge in [0.05, 0.1) is 6.61 Å². The van der Waals surface area contributed by atoms with Crippen LogP contribution in [-0.2, 0) is 28.8 Å². The number of carboxylic acids is 2. The molecule has 1 fully saturated rings. The van der Waals surface area contributed by atoms with Crippen molar-refractivity contribution in [2.24, 2.45) is 5.16 Å². The molecule has 0 aromatic carbocycles. The Labute approximate surface area is 182 Å². The van der Waals surface area contributed by atoms with Crippen LogP contribution >= 0.6 is 23.1 Å². The number of nitrogen functional groups attached to an aromatic ring is 1. The predicted octanol–water partition coefficient (Wildman–Crippen LogP) is -1.08. The molecule has 2 atom stereocenters. The van der Waals surface area contributed by atoms with Crippen molar-refractivity contribution in [3.8, 4) is 0 Å². The number of oxime groups is 1. The van der Waals surface area contributed by atoms with Gasteiger partial charge in [-0.15, -0.1) is 23.1 Å². The van der Waals surface area contributed by atoms with E-state index in [1.54, 1.807) is 0 Å². The molecule has 1 aromatic heterocycles. The molecule has 0 radical (unpaired) electrons. The average molecular weight is 471 g/mol. The predicted molar refractivity (Wildman–Crippen MR) is 108 cm³/mol. The number of ether oxygens (including phenoxy) is 1. The highest BCUT2D eigenvalue weighted by atomic mass is 32.2. The highest BCUT2D eigenvalue weighted by Crippen LogP contribution is 2.40. The summed E-state index contributed by atoms with van der Waals surface area (Å²) in [6, 6.07) is -1.02. The molecule has 166 valence electrons. The van der Waals surface area contributed by atoms with Gasteiger partial charge >= 0.3 is 11.9 Å². The highest BCUT2D eigenvalue weighted by molar-refractivity contribution is 8.00. The summed E-state index contributed by atoms with van der Waals surface area (Å²) in [5.41, 5.74) is 5.54. The van der Waals surface area contributed by atoms with E-state index in [0.717, 1.165) is 16.2 Å². The Morgan fingerprint density at radius 3 is 2.74 bits per heavy atom. The zero-order valence-corrected chi connectivity index (χ0v) is 17.6. The van der Waals surface area contributed by atoms with Crippen LogP contribution in [-0.4, -0.2) is 87.1 Å². The summed E-state index contributed by atoms with van der Waals surface area (Å²) in [6.45, 7) is -0.731. The number of methoxy groups -OCH3 is 1. The summed E-state index contributed by atoms with van der Waals surface area (Å²) in [6.07, 6.45) is 0. The van der Waals surface area contributed by atoms with E-state index in [2.05, 4.69) is 20.3 Å². The fourth-order valence-electron chi connectivity index (χ4n) is 2.93. The Balaban J connectivity index is 1.78. The lowest BCUT2D eigenvalue weighted by Crippen LogP contribution is -2.71. The van der Waals surface area contributed by atoms with Crippen LogP contribution in [0.15, 0.2) is 21.8 Å². The fraction of sp³-hybridized carbons (Fsp3) is 0.375. The van der Waals surface area contributed by atoms with E-state index in [1.807, 2.05) is 0 Å². The lowest BCUT2D eigenvalue weighted by molar-refractivity contribution is -0.150. The maximum atomic E-state index is 12.8. The van der Waals surface area contributed by atoms with Crippen molar-refractivity contribution < 1.29 is 39.0 Å². The van der Waals surface area contributed by atoms with Gasteiger partial charge in [0, 0.05) is 18.2 Å². The van der Waals surface area contributed by atoms with Gasteiger partial charge in [0.15, 0.2) is 10.8 Å². The van der Waals surface area contributed by atoms with Crippen LogP contribution in [0.1, 0.15) is 5.69 Å². The molecule has 1 saturated heterocycles. The number of thioether (sulfide) groups is 1. The van der Waals surface area contributed by atoms with E-state index in [-0.39, 0.29) is 28.8 Å². The van der Waals surface area contributed by atoms with Gasteiger partial charge in [0.2, 0.25) is 6.61 Å². The molecule has 2 aliphatic heterocycles. The van der Waals surface area contributed by atoms with Crippen LogP contribution in [0.25, 0.3) is 0 Å². The largest absolute Gasteiger partial charge is 0.479 e. The number of nitrogens with two attached hydrogens (primary N) is 1. The van der Waals surface area contributed by atoms with Gasteiger partial charge in [0.25, 0.3) is 11.8 Å². The summed E-state index contributed by atoms with van der Waals surface area (Å²) in [7, 11) is 1.42. The first-order chi connectivity index (χ1) is 14.7. The lowest BCUT2D eigenvalue weighted by atomic mass is 10.0. The van der Waals surface area contributed by atoms with E-state index >= 15 is 0 Å². The molecule has 5 N–H and O–H groups in total. The third kappa shape index (κ3) is 4.62. The van der Waals surface area contributed by atoms with Crippen LogP contribution < -0.4 is 11.1 Å². The number of thiazole rings is 1. The fourth-order valence-corrected chi connectivity index (χ4v) is 4.81. The number of carboxylic acid groups (broad SMARTS) is 2. The maximum Gasteiger partial charge on any atom is 0.352 e. The molecular formula is C16H17N5O8S2. The molecule has 1 unspecified atom stereocenters. The minimum absolute atomic E-state index is 0.0406. The van der Waals surface area contributed by atoms with Crippen molar-refractivity contribution in [3.05, 3.63) is 22.3 Å². The molecule has 3 heterocycles. The Hall–Kier alpha value is -3.17. The van der Waals surface area contributed by atoms with Crippen LogP contribution in [0.2, 0.25) is 0 Å². The Bertz CT molecular complexity index is 990. The molecule has 0 aliphatic carbocycles. The SMILES string of the molecule is COCC1=C(C(=O)O)N2C(=O)C(NC(=O)C(=NOCC(=O)O)c3csc(N)n3)[C@@H]2SC1. The molecule has 0 saturated carbocycles. The summed E-state index contributed by atoms with van der Waals surface area (Å²) in [5, 5.41) is 25.1. The number of rotatable bonds is 9. The number of carbonyl (C=O) groups excluding carboxylic acids is 2. The van der Waals surface area contributed by atoms with Gasteiger partial charge in [-0.05, 0) is 5.57 Å². The zero-order valence-electron chi connectivity index (χ0n) is 15.9. The monoisotopic (exact) mass is 471 g/mol. The number of nitrogens with zero attached hydrogens (tertiary/aromatic N) is 3. The number of anilines is 1. The number of β-lactam (4-membered cyclic amide) rings is 1. The highest BCUT2D eigenvalue weighted by Gasteiger charge is 2.54. The second-order valence-electron chi connectivity index (χ2n) is 6.23. The van der Waals surface area contributed by atoms with Crippen LogP contribution in [0, 0.1) is 0 Å². The third-order valence-electron chi connectivity index (χ3n) is 4.18. The summed E-state index contributed by atoms with van der Waals surface area (Å²) in [4.78, 5) is 57.4. The standard InChI is InChI=1S/C16H17N5O8S2/c1-28-2-6-4-30-14-10(13(25)21(14)11(6)15(26)27)19-12(24)9(20-29-3-8(22)23)7-5-31-16(17)18-7/h5,10,14H,2-4H2,1H3,(H2,17,18)(H,19,24)(H,22,23)(H,26,27)/t10?,14-/m0/s1. The number of hydrogen-bond acceptors (Lipinski definition) is 11. The first kappa shape index (κ1) is 22.5. The van der Waals surface area contributed by atoms with Crippen LogP contribution in [0.5, 0.6) is 0 Å². The van der Waals surface area contributed by atoms with Crippen molar-refractivity contribution in [1.82, 2.24) is 15.2 Å². The average Bonchev–Trinajstić information content (AvgIpc) is 3.14. The molecule has 0 spiro atoms. The minimum atomic E-state index is -1.30. The molecular weight excluding hydrogens is 454 g/mol. The number of aliphatic carboxylic acids is 2. The number of carbonyl (C=O) groups is 4. The van der Waals surface area contributed by atoms with Crippen molar-refractivity contribution in [2.75, 3.05) is 31.8 Å². The van der Waals surface area contributed by atoms with Crippen molar-refractivity contribution >= 4 is 57.7 Å². The second kappa shape index (κ2) is 9.32. The summed E-state index contributed by atoms with van der Waals surface area (Å²) in [5.74, 6) is -3.72. The molecule has 13 nitrogen and oxygen atoms in total. The number of aromatic nitrogens is 1. The van der Waals surface area contributed by atoms with Gasteiger partial charge in [-0.1, -0.05) is 5.16 Å². The van der Waals surface area contributed by atoms with Crippen molar-refractivity contribution in [1.29, 1.82) is 0 Å². The number of fused-ring (bicyclic) bond motifs is 1. The van der Waals surface area contributed by atoms with E-state index in [4.69, 9.17) is 15.6 Å². The quantitative estimate of drug-likeness (QED) is 0.194. The van der Waals surface area contributed by atoms with Gasteiger partial charge in [-0.25, -0.2) is 14.6 Å². The smallest absolute Gasteiger partial charge is 0.352 e. The van der Waals surface area contributed by atoms with Gasteiger partial charge in [-0.3, -0.25) is 14.5 Å². The van der Waals surface area contributed by atoms with Gasteiger partial charge in [-0.2, -0.15) is 0 Å². The summed E-state index contributed by atoms with van der Waals surface area (Å²) < 4.78 is 5.00. The maximum absolute atomic E-state index is 12.8. The lowest BCUT2D eigenvalue weighted by Gasteiger charge is -2.49. The Morgan fingerprint density at radius 2 is 2.16 bits per heavy atom. The number of nitrogens with one attached hydrogen (secondary N) is 1. The number of amides is 2. The van der Waals surface area contributed by atoms with Crippen molar-refractivity contribution in [2.45, 2.75) is 11.4 Å². The van der Waals surface area contributed by atoms with E-state index < -0.39 is 41.8 Å². The second-order valence-corrected chi connectivity index (χ2v) is 8.22. The van der Waals surface area contributed by atoms with Crippen molar-refractivity contribution in [3.63, 3.8) is 0 Å². The third-order valence-corrected chi connectivity index (χ3v) is 6.19. The molecule has 1 aromatic rings. The first-order valence-electron chi connectivity index (χ1n) is 8.57. The van der Waals surface area contributed by atoms with E-state index in [9.17, 15) is 24.3 Å². The molecule has 0 bridgehead atoms. The van der Waals surface area contributed by atoms with Crippen LogP contribution in [0.4, 0.5) is 5.13 Å². The first-order valence-corrected chi connectivity index (χ1v) is 10.5. The topological polar surface area (TPSA) is 194 Å². The van der Waals surface area contributed by atoms with E-state index in [0.29, 0.717) is 11.3 Å². The number of hydrogen-bond donors (Lipinski definition) is 4. The molecule has 2 aliphatic rings. The zero-order chi connectivity index (χ0) is 22.7. The summed E-state index contributed by atoms with van der Waals surface area (Å²) >= 11 is 2.30. The van der Waals surface area contributed by atoms with Crippen LogP contribution in [0.3, 0.4) is 0 Å². The molecule has 31 heavy (non-hydrogen) atoms.